The molecule has 0 atom stereocenters. The minimum Gasteiger partial charge on any atom is -0.341 e. The monoisotopic (exact) mass is 473 g/mol. The lowest BCUT2D eigenvalue weighted by Crippen LogP contribution is -2.51. The first-order valence-electron chi connectivity index (χ1n) is 11.7. The summed E-state index contributed by atoms with van der Waals surface area (Å²) in [5, 5.41) is 2.95. The molecule has 180 valence electrons. The number of hydrogen-bond donors (Lipinski definition) is 1. The third-order valence-corrected chi connectivity index (χ3v) is 6.86. The van der Waals surface area contributed by atoms with Gasteiger partial charge in [0.05, 0.1) is 5.56 Å². The number of aromatic nitrogens is 2. The van der Waals surface area contributed by atoms with Gasteiger partial charge in [-0.2, -0.15) is 0 Å². The molecular weight excluding hydrogens is 446 g/mol. The van der Waals surface area contributed by atoms with E-state index in [1.165, 1.54) is 17.8 Å². The van der Waals surface area contributed by atoms with Crippen LogP contribution in [0.5, 0.6) is 0 Å². The molecule has 2 aromatic carbocycles. The third-order valence-electron chi connectivity index (χ3n) is 6.86. The maximum absolute atomic E-state index is 13.1. The molecule has 0 bridgehead atoms. The summed E-state index contributed by atoms with van der Waals surface area (Å²) in [5.41, 5.74) is 2.06. The normalized spacial score (nSPS) is 16.1. The number of anilines is 1. The number of carbonyl (C=O) groups excluding carboxylic acids is 2. The van der Waals surface area contributed by atoms with E-state index in [2.05, 4.69) is 5.32 Å². The van der Waals surface area contributed by atoms with E-state index >= 15 is 0 Å². The first-order valence-corrected chi connectivity index (χ1v) is 11.7. The second-order valence-electron chi connectivity index (χ2n) is 9.01. The highest BCUT2D eigenvalue weighted by atomic mass is 16.2. The Balaban J connectivity index is 1.27. The van der Waals surface area contributed by atoms with Crippen LogP contribution in [0.3, 0.4) is 0 Å². The number of amides is 3. The molecule has 2 aliphatic rings. The van der Waals surface area contributed by atoms with Gasteiger partial charge in [0.15, 0.2) is 0 Å². The van der Waals surface area contributed by atoms with E-state index in [1.54, 1.807) is 17.0 Å². The van der Waals surface area contributed by atoms with Gasteiger partial charge in [-0.15, -0.1) is 0 Å². The molecule has 35 heavy (non-hydrogen) atoms. The lowest BCUT2D eigenvalue weighted by Gasteiger charge is -2.40. The molecule has 0 radical (unpaired) electrons. The number of para-hydroxylation sites is 1. The summed E-state index contributed by atoms with van der Waals surface area (Å²) in [5.74, 6) is -0.184. The summed E-state index contributed by atoms with van der Waals surface area (Å²) < 4.78 is 2.34. The van der Waals surface area contributed by atoms with Gasteiger partial charge in [0, 0.05) is 44.6 Å². The summed E-state index contributed by atoms with van der Waals surface area (Å²) >= 11 is 0. The molecule has 0 spiro atoms. The number of urea groups is 1. The quantitative estimate of drug-likeness (QED) is 0.629. The molecule has 5 rings (SSSR count). The first kappa shape index (κ1) is 22.6. The van der Waals surface area contributed by atoms with Gasteiger partial charge in [0.2, 0.25) is 5.91 Å². The van der Waals surface area contributed by atoms with Crippen LogP contribution in [-0.4, -0.2) is 50.0 Å². The van der Waals surface area contributed by atoms with Crippen LogP contribution in [0, 0.1) is 0 Å². The van der Waals surface area contributed by atoms with Crippen molar-refractivity contribution in [3.8, 4) is 11.1 Å². The van der Waals surface area contributed by atoms with Gasteiger partial charge >= 0.3 is 11.7 Å². The van der Waals surface area contributed by atoms with Crippen molar-refractivity contribution in [2.45, 2.75) is 32.0 Å². The van der Waals surface area contributed by atoms with E-state index in [1.807, 2.05) is 47.4 Å². The fraction of sp³-hybridized carbons (Fsp3) is 0.308. The van der Waals surface area contributed by atoms with Crippen LogP contribution in [0.2, 0.25) is 0 Å². The summed E-state index contributed by atoms with van der Waals surface area (Å²) in [6.45, 7) is 1.41. The fourth-order valence-electron chi connectivity index (χ4n) is 4.85. The number of nitrogens with one attached hydrogen (secondary N) is 1. The highest BCUT2D eigenvalue weighted by Crippen LogP contribution is 2.27. The molecule has 1 N–H and O–H groups in total. The second-order valence-corrected chi connectivity index (χ2v) is 9.01. The van der Waals surface area contributed by atoms with Crippen LogP contribution in [-0.2, 0) is 24.9 Å². The zero-order valence-corrected chi connectivity index (χ0v) is 19.5. The van der Waals surface area contributed by atoms with Crippen molar-refractivity contribution >= 4 is 17.6 Å². The van der Waals surface area contributed by atoms with E-state index in [4.69, 9.17) is 0 Å². The lowest BCUT2D eigenvalue weighted by molar-refractivity contribution is -0.133. The largest absolute Gasteiger partial charge is 0.341 e. The Kier molecular flexibility index (Phi) is 5.98. The number of carbonyl (C=O) groups is 2. The van der Waals surface area contributed by atoms with Gasteiger partial charge in [-0.1, -0.05) is 48.5 Å². The number of nitrogens with zero attached hydrogens (tertiary/aromatic N) is 4. The Morgan fingerprint density at radius 3 is 2.40 bits per heavy atom. The van der Waals surface area contributed by atoms with Crippen LogP contribution in [0.4, 0.5) is 10.5 Å². The predicted molar refractivity (Wildman–Crippen MR) is 132 cm³/mol. The second kappa shape index (κ2) is 9.25. The standard InChI is InChI=1S/C26H27N5O4/c1-28-24(33)21(18-7-3-2-4-8-18)16-30(26(28)35)17-23(32)29-13-11-20(12-14-29)31-15-19-9-5-6-10-22(19)27-25(31)34/h2-10,16,20H,11-15,17H2,1H3,(H,27,34). The Bertz CT molecular complexity index is 1390. The average molecular weight is 474 g/mol. The molecule has 9 nitrogen and oxygen atoms in total. The Hall–Kier alpha value is -4.14. The van der Waals surface area contributed by atoms with E-state index < -0.39 is 11.2 Å². The van der Waals surface area contributed by atoms with Crippen molar-refractivity contribution in [3.63, 3.8) is 0 Å². The van der Waals surface area contributed by atoms with Crippen LogP contribution in [0.25, 0.3) is 11.1 Å². The van der Waals surface area contributed by atoms with Crippen molar-refractivity contribution < 1.29 is 9.59 Å². The molecule has 0 aliphatic carbocycles. The molecule has 1 aromatic heterocycles. The summed E-state index contributed by atoms with van der Waals surface area (Å²) in [6, 6.07) is 16.8. The molecule has 0 saturated carbocycles. The summed E-state index contributed by atoms with van der Waals surface area (Å²) in [6.07, 6.45) is 2.80. The fourth-order valence-corrected chi connectivity index (χ4v) is 4.85. The Labute approximate surface area is 202 Å². The number of fused-ring (bicyclic) bond motifs is 1. The first-order chi connectivity index (χ1) is 16.9. The van der Waals surface area contributed by atoms with Gasteiger partial charge < -0.3 is 15.1 Å². The molecule has 1 fully saturated rings. The number of piperidine rings is 1. The van der Waals surface area contributed by atoms with Crippen LogP contribution < -0.4 is 16.6 Å². The van der Waals surface area contributed by atoms with Crippen LogP contribution in [0.15, 0.2) is 70.4 Å². The molecular formula is C26H27N5O4. The number of benzene rings is 2. The smallest absolute Gasteiger partial charge is 0.331 e. The maximum atomic E-state index is 13.1. The van der Waals surface area contributed by atoms with Gasteiger partial charge in [-0.05, 0) is 30.0 Å². The van der Waals surface area contributed by atoms with Crippen LogP contribution >= 0.6 is 0 Å². The average Bonchev–Trinajstić information content (AvgIpc) is 2.89. The lowest BCUT2D eigenvalue weighted by atomic mass is 10.0. The highest BCUT2D eigenvalue weighted by molar-refractivity contribution is 5.92. The minimum absolute atomic E-state index is 0.0392. The Morgan fingerprint density at radius 1 is 0.971 bits per heavy atom. The zero-order valence-electron chi connectivity index (χ0n) is 19.5. The molecule has 3 aromatic rings. The van der Waals surface area contributed by atoms with E-state index in [0.29, 0.717) is 43.6 Å². The van der Waals surface area contributed by atoms with Crippen molar-refractivity contribution in [2.24, 2.45) is 7.05 Å². The Morgan fingerprint density at radius 2 is 1.66 bits per heavy atom. The third kappa shape index (κ3) is 4.37. The number of rotatable bonds is 4. The molecule has 3 heterocycles. The van der Waals surface area contributed by atoms with E-state index in [-0.39, 0.29) is 24.5 Å². The van der Waals surface area contributed by atoms with E-state index in [0.717, 1.165) is 15.8 Å². The molecule has 0 unspecified atom stereocenters. The molecule has 2 aliphatic heterocycles. The van der Waals surface area contributed by atoms with Gasteiger partial charge in [0.1, 0.15) is 6.54 Å². The SMILES string of the molecule is Cn1c(=O)c(-c2ccccc2)cn(CC(=O)N2CCC(N3Cc4ccccc4NC3=O)CC2)c1=O. The van der Waals surface area contributed by atoms with E-state index in [9.17, 15) is 19.2 Å². The number of hydrogen-bond acceptors (Lipinski definition) is 4. The van der Waals surface area contributed by atoms with Gasteiger partial charge in [0.25, 0.3) is 5.56 Å². The van der Waals surface area contributed by atoms with Crippen molar-refractivity contribution in [2.75, 3.05) is 18.4 Å². The predicted octanol–water partition coefficient (Wildman–Crippen LogP) is 2.25. The van der Waals surface area contributed by atoms with Gasteiger partial charge in [-0.3, -0.25) is 18.7 Å². The van der Waals surface area contributed by atoms with Crippen molar-refractivity contribution in [3.05, 3.63) is 87.2 Å². The van der Waals surface area contributed by atoms with Crippen molar-refractivity contribution in [1.82, 2.24) is 18.9 Å². The minimum atomic E-state index is -0.526. The topological polar surface area (TPSA) is 96.7 Å². The summed E-state index contributed by atoms with van der Waals surface area (Å²) in [4.78, 5) is 54.6. The van der Waals surface area contributed by atoms with Gasteiger partial charge in [-0.25, -0.2) is 9.59 Å². The number of likely N-dealkylation sites (tertiary alicyclic amines) is 1. The van der Waals surface area contributed by atoms with Crippen molar-refractivity contribution in [1.29, 1.82) is 0 Å². The molecule has 9 heteroatoms. The maximum Gasteiger partial charge on any atom is 0.331 e. The zero-order chi connectivity index (χ0) is 24.5. The van der Waals surface area contributed by atoms with Crippen LogP contribution in [0.1, 0.15) is 18.4 Å². The molecule has 1 saturated heterocycles. The summed E-state index contributed by atoms with van der Waals surface area (Å²) in [7, 11) is 1.42. The molecule has 3 amide bonds. The highest BCUT2D eigenvalue weighted by Gasteiger charge is 2.32.